The molecule has 2 aromatic heterocycles. The normalized spacial score (nSPS) is 10.8. The molecule has 2 N–H and O–H groups in total. The summed E-state index contributed by atoms with van der Waals surface area (Å²) < 4.78 is 5.09. The summed E-state index contributed by atoms with van der Waals surface area (Å²) >= 11 is 0. The minimum atomic E-state index is -0.360. The van der Waals surface area contributed by atoms with Crippen LogP contribution in [0.25, 0.3) is 22.0 Å². The van der Waals surface area contributed by atoms with Crippen molar-refractivity contribution in [3.63, 3.8) is 0 Å². The van der Waals surface area contributed by atoms with Gasteiger partial charge in [0.15, 0.2) is 17.4 Å². The van der Waals surface area contributed by atoms with Gasteiger partial charge in [-0.25, -0.2) is 0 Å². The molecular weight excluding hydrogens is 330 g/mol. The number of aromatic nitrogens is 2. The molecule has 4 rings (SSSR count). The Morgan fingerprint density at radius 2 is 1.88 bits per heavy atom. The number of hydrogen-bond acceptors (Lipinski definition) is 4. The topological polar surface area (TPSA) is 88.0 Å². The van der Waals surface area contributed by atoms with Gasteiger partial charge in [0.1, 0.15) is 0 Å². The lowest BCUT2D eigenvalue weighted by molar-refractivity contribution is 0.0993. The minimum absolute atomic E-state index is 0.0254. The molecule has 2 heterocycles. The molecule has 0 aliphatic carbocycles. The zero-order valence-corrected chi connectivity index (χ0v) is 13.9. The van der Waals surface area contributed by atoms with Gasteiger partial charge in [-0.2, -0.15) is 5.10 Å². The fourth-order valence-electron chi connectivity index (χ4n) is 2.79. The Bertz CT molecular complexity index is 1110. The van der Waals surface area contributed by atoms with Crippen molar-refractivity contribution in [2.75, 3.05) is 5.32 Å². The molecule has 0 aliphatic heterocycles. The highest BCUT2D eigenvalue weighted by Gasteiger charge is 2.14. The maximum atomic E-state index is 12.1. The van der Waals surface area contributed by atoms with Gasteiger partial charge in [-0.15, -0.1) is 0 Å². The molecule has 0 unspecified atom stereocenters. The molecule has 26 heavy (non-hydrogen) atoms. The van der Waals surface area contributed by atoms with Crippen LogP contribution in [0.5, 0.6) is 0 Å². The van der Waals surface area contributed by atoms with Crippen LogP contribution in [0.2, 0.25) is 0 Å². The quantitative estimate of drug-likeness (QED) is 0.540. The molecule has 1 amide bonds. The van der Waals surface area contributed by atoms with E-state index in [2.05, 4.69) is 15.5 Å². The Hall–Kier alpha value is -3.67. The first kappa shape index (κ1) is 15.8. The van der Waals surface area contributed by atoms with Gasteiger partial charge in [-0.05, 0) is 48.4 Å². The molecule has 4 aromatic rings. The average Bonchev–Trinajstić information content (AvgIpc) is 3.32. The zero-order valence-electron chi connectivity index (χ0n) is 13.9. The van der Waals surface area contributed by atoms with Crippen molar-refractivity contribution in [2.24, 2.45) is 0 Å². The maximum absolute atomic E-state index is 12.1. The van der Waals surface area contributed by atoms with Crippen molar-refractivity contribution in [1.82, 2.24) is 10.2 Å². The van der Waals surface area contributed by atoms with E-state index >= 15 is 0 Å². The molecule has 6 heteroatoms. The summed E-state index contributed by atoms with van der Waals surface area (Å²) in [5.41, 5.74) is 3.34. The van der Waals surface area contributed by atoms with E-state index < -0.39 is 0 Å². The molecule has 6 nitrogen and oxygen atoms in total. The molecule has 0 spiro atoms. The standard InChI is InChI=1S/C20H15N3O3/c1-12(24)13-4-2-5-14(10-13)15-7-8-16-17(11-15)22-23-19(16)21-20(25)18-6-3-9-26-18/h2-11H,1H3,(H2,21,22,23,25). The lowest BCUT2D eigenvalue weighted by atomic mass is 10.0. The zero-order chi connectivity index (χ0) is 18.1. The number of anilines is 1. The van der Waals surface area contributed by atoms with Crippen LogP contribution in [0, 0.1) is 0 Å². The summed E-state index contributed by atoms with van der Waals surface area (Å²) in [6.45, 7) is 1.55. The van der Waals surface area contributed by atoms with E-state index in [1.54, 1.807) is 25.1 Å². The number of amides is 1. The van der Waals surface area contributed by atoms with Gasteiger partial charge in [0, 0.05) is 10.9 Å². The van der Waals surface area contributed by atoms with Crippen LogP contribution in [0.1, 0.15) is 27.8 Å². The molecule has 2 aromatic carbocycles. The Morgan fingerprint density at radius 1 is 1.04 bits per heavy atom. The van der Waals surface area contributed by atoms with Crippen LogP contribution >= 0.6 is 0 Å². The van der Waals surface area contributed by atoms with Crippen LogP contribution < -0.4 is 5.32 Å². The summed E-state index contributed by atoms with van der Waals surface area (Å²) in [7, 11) is 0. The highest BCUT2D eigenvalue weighted by atomic mass is 16.3. The number of carbonyl (C=O) groups is 2. The van der Waals surface area contributed by atoms with E-state index in [1.807, 2.05) is 36.4 Å². The highest BCUT2D eigenvalue weighted by Crippen LogP contribution is 2.28. The van der Waals surface area contributed by atoms with Crippen molar-refractivity contribution in [2.45, 2.75) is 6.92 Å². The maximum Gasteiger partial charge on any atom is 0.292 e. The van der Waals surface area contributed by atoms with Crippen LogP contribution in [0.4, 0.5) is 5.82 Å². The van der Waals surface area contributed by atoms with E-state index in [0.717, 1.165) is 22.0 Å². The number of ketones is 1. The fraction of sp³-hybridized carbons (Fsp3) is 0.0500. The number of Topliss-reactive ketones (excluding diaryl/α,β-unsaturated/α-hetero) is 1. The van der Waals surface area contributed by atoms with E-state index in [1.165, 1.54) is 6.26 Å². The third-order valence-electron chi connectivity index (χ3n) is 4.14. The van der Waals surface area contributed by atoms with Crippen LogP contribution in [-0.4, -0.2) is 21.9 Å². The lowest BCUT2D eigenvalue weighted by Crippen LogP contribution is -2.11. The van der Waals surface area contributed by atoms with Crippen molar-refractivity contribution in [1.29, 1.82) is 0 Å². The first-order valence-electron chi connectivity index (χ1n) is 8.06. The number of benzene rings is 2. The molecule has 0 bridgehead atoms. The van der Waals surface area contributed by atoms with E-state index in [0.29, 0.717) is 11.4 Å². The number of carbonyl (C=O) groups excluding carboxylic acids is 2. The predicted octanol–water partition coefficient (Wildman–Crippen LogP) is 4.28. The monoisotopic (exact) mass is 345 g/mol. The molecule has 0 fully saturated rings. The molecular formula is C20H15N3O3. The highest BCUT2D eigenvalue weighted by molar-refractivity contribution is 6.06. The number of furan rings is 1. The second-order valence-electron chi connectivity index (χ2n) is 5.90. The SMILES string of the molecule is CC(=O)c1cccc(-c2ccc3c(NC(=O)c4ccco4)n[nH]c3c2)c1. The molecule has 128 valence electrons. The van der Waals surface area contributed by atoms with E-state index in [-0.39, 0.29) is 17.5 Å². The molecule has 0 atom stereocenters. The number of aromatic amines is 1. The number of fused-ring (bicyclic) bond motifs is 1. The molecule has 0 saturated carbocycles. The van der Waals surface area contributed by atoms with Gasteiger partial charge in [-0.1, -0.05) is 24.3 Å². The Kier molecular flexibility index (Phi) is 3.85. The fourth-order valence-corrected chi connectivity index (χ4v) is 2.79. The number of nitrogens with one attached hydrogen (secondary N) is 2. The second-order valence-corrected chi connectivity index (χ2v) is 5.90. The molecule has 0 saturated heterocycles. The minimum Gasteiger partial charge on any atom is -0.459 e. The van der Waals surface area contributed by atoms with Gasteiger partial charge in [0.25, 0.3) is 5.91 Å². The summed E-state index contributed by atoms with van der Waals surface area (Å²) in [5.74, 6) is 0.322. The number of hydrogen-bond donors (Lipinski definition) is 2. The van der Waals surface area contributed by atoms with Crippen molar-refractivity contribution < 1.29 is 14.0 Å². The number of rotatable bonds is 4. The Labute approximate surface area is 148 Å². The largest absolute Gasteiger partial charge is 0.459 e. The Balaban J connectivity index is 1.66. The predicted molar refractivity (Wildman–Crippen MR) is 98.2 cm³/mol. The third kappa shape index (κ3) is 2.88. The van der Waals surface area contributed by atoms with Gasteiger partial charge < -0.3 is 9.73 Å². The first-order chi connectivity index (χ1) is 12.6. The second kappa shape index (κ2) is 6.33. The van der Waals surface area contributed by atoms with Crippen LogP contribution in [0.15, 0.2) is 65.3 Å². The van der Waals surface area contributed by atoms with Crippen LogP contribution in [0.3, 0.4) is 0 Å². The number of nitrogens with zero attached hydrogens (tertiary/aromatic N) is 1. The first-order valence-corrected chi connectivity index (χ1v) is 8.06. The summed E-state index contributed by atoms with van der Waals surface area (Å²) in [6.07, 6.45) is 1.44. The van der Waals surface area contributed by atoms with Crippen LogP contribution in [-0.2, 0) is 0 Å². The van der Waals surface area contributed by atoms with Crippen molar-refractivity contribution in [3.05, 3.63) is 72.2 Å². The number of H-pyrrole nitrogens is 1. The van der Waals surface area contributed by atoms with E-state index in [9.17, 15) is 9.59 Å². The van der Waals surface area contributed by atoms with Gasteiger partial charge in [0.05, 0.1) is 11.8 Å². The third-order valence-corrected chi connectivity index (χ3v) is 4.14. The molecule has 0 aliphatic rings. The van der Waals surface area contributed by atoms with Gasteiger partial charge in [-0.3, -0.25) is 14.7 Å². The van der Waals surface area contributed by atoms with E-state index in [4.69, 9.17) is 4.42 Å². The lowest BCUT2D eigenvalue weighted by Gasteiger charge is -2.04. The van der Waals surface area contributed by atoms with Gasteiger partial charge in [0.2, 0.25) is 0 Å². The van der Waals surface area contributed by atoms with Crippen molar-refractivity contribution in [3.8, 4) is 11.1 Å². The summed E-state index contributed by atoms with van der Waals surface area (Å²) in [5, 5.41) is 10.6. The summed E-state index contributed by atoms with van der Waals surface area (Å²) in [4.78, 5) is 23.7. The van der Waals surface area contributed by atoms with Gasteiger partial charge >= 0.3 is 0 Å². The summed E-state index contributed by atoms with van der Waals surface area (Å²) in [6, 6.07) is 16.4. The molecule has 0 radical (unpaired) electrons. The average molecular weight is 345 g/mol. The van der Waals surface area contributed by atoms with Crippen molar-refractivity contribution >= 4 is 28.4 Å². The smallest absolute Gasteiger partial charge is 0.292 e. The Morgan fingerprint density at radius 3 is 2.65 bits per heavy atom.